The molecule has 3 rings (SSSR count). The van der Waals surface area contributed by atoms with E-state index in [-0.39, 0.29) is 5.91 Å². The van der Waals surface area contributed by atoms with Crippen molar-refractivity contribution in [3.8, 4) is 17.4 Å². The number of aryl methyl sites for hydroxylation is 1. The summed E-state index contributed by atoms with van der Waals surface area (Å²) < 4.78 is 10.9. The van der Waals surface area contributed by atoms with Crippen LogP contribution in [-0.2, 0) is 10.5 Å². The van der Waals surface area contributed by atoms with Gasteiger partial charge in [-0.25, -0.2) is 4.98 Å². The molecule has 3 aromatic rings. The minimum absolute atomic E-state index is 0.0924. The van der Waals surface area contributed by atoms with Gasteiger partial charge in [0, 0.05) is 11.9 Å². The van der Waals surface area contributed by atoms with Crippen LogP contribution in [0.15, 0.2) is 66.9 Å². The summed E-state index contributed by atoms with van der Waals surface area (Å²) in [6.45, 7) is 2.06. The third kappa shape index (κ3) is 5.76. The Morgan fingerprint density at radius 1 is 1.07 bits per heavy atom. The highest BCUT2D eigenvalue weighted by Crippen LogP contribution is 2.28. The number of rotatable bonds is 8. The van der Waals surface area contributed by atoms with E-state index in [2.05, 4.69) is 35.4 Å². The maximum Gasteiger partial charge on any atom is 0.243 e. The van der Waals surface area contributed by atoms with Gasteiger partial charge in [0.15, 0.2) is 0 Å². The second kappa shape index (κ2) is 9.80. The number of nitrogens with zero attached hydrogens (tertiary/aromatic N) is 1. The van der Waals surface area contributed by atoms with Crippen LogP contribution in [0.4, 0.5) is 5.69 Å². The number of anilines is 1. The number of carbonyl (C=O) groups is 1. The van der Waals surface area contributed by atoms with Gasteiger partial charge in [0.05, 0.1) is 12.9 Å². The predicted octanol–water partition coefficient (Wildman–Crippen LogP) is 5.06. The summed E-state index contributed by atoms with van der Waals surface area (Å²) in [6, 6.07) is 19.0. The lowest BCUT2D eigenvalue weighted by Gasteiger charge is -2.11. The number of aromatic nitrogens is 1. The quantitative estimate of drug-likeness (QED) is 0.578. The predicted molar refractivity (Wildman–Crippen MR) is 113 cm³/mol. The highest BCUT2D eigenvalue weighted by molar-refractivity contribution is 7.99. The molecule has 0 bridgehead atoms. The van der Waals surface area contributed by atoms with Crippen molar-refractivity contribution in [3.05, 3.63) is 78.0 Å². The van der Waals surface area contributed by atoms with Crippen molar-refractivity contribution in [2.75, 3.05) is 18.2 Å². The lowest BCUT2D eigenvalue weighted by molar-refractivity contribution is -0.113. The van der Waals surface area contributed by atoms with E-state index in [0.717, 1.165) is 11.5 Å². The van der Waals surface area contributed by atoms with Crippen molar-refractivity contribution in [2.24, 2.45) is 0 Å². The molecule has 144 valence electrons. The zero-order valence-corrected chi connectivity index (χ0v) is 16.7. The molecule has 6 heteroatoms. The molecule has 0 radical (unpaired) electrons. The molecule has 28 heavy (non-hydrogen) atoms. The molecule has 0 saturated heterocycles. The Hall–Kier alpha value is -2.99. The molecule has 1 amide bonds. The van der Waals surface area contributed by atoms with Crippen LogP contribution in [-0.4, -0.2) is 23.8 Å². The molecule has 0 aliphatic carbocycles. The van der Waals surface area contributed by atoms with Crippen LogP contribution in [0.5, 0.6) is 17.4 Å². The SMILES string of the molecule is COc1ccc(Oc2ncccc2NC(=O)CSCc2cccc(C)c2)cc1. The van der Waals surface area contributed by atoms with Gasteiger partial charge < -0.3 is 14.8 Å². The molecular weight excluding hydrogens is 372 g/mol. The van der Waals surface area contributed by atoms with E-state index in [1.807, 2.05) is 6.07 Å². The summed E-state index contributed by atoms with van der Waals surface area (Å²) in [6.07, 6.45) is 1.63. The van der Waals surface area contributed by atoms with Crippen molar-refractivity contribution < 1.29 is 14.3 Å². The standard InChI is InChI=1S/C22H22N2O3S/c1-16-5-3-6-17(13-16)14-28-15-21(25)24-20-7-4-12-23-22(20)27-19-10-8-18(26-2)9-11-19/h3-13H,14-15H2,1-2H3,(H,24,25). The van der Waals surface area contributed by atoms with E-state index in [0.29, 0.717) is 23.1 Å². The number of carbonyl (C=O) groups excluding carboxylic acids is 1. The van der Waals surface area contributed by atoms with E-state index in [4.69, 9.17) is 9.47 Å². The highest BCUT2D eigenvalue weighted by Gasteiger charge is 2.10. The zero-order chi connectivity index (χ0) is 19.8. The number of thioether (sulfide) groups is 1. The molecule has 1 aromatic heterocycles. The van der Waals surface area contributed by atoms with E-state index in [9.17, 15) is 4.79 Å². The number of pyridine rings is 1. The Labute approximate surface area is 169 Å². The van der Waals surface area contributed by atoms with Gasteiger partial charge in [-0.3, -0.25) is 4.79 Å². The number of benzene rings is 2. The van der Waals surface area contributed by atoms with Crippen molar-refractivity contribution in [1.82, 2.24) is 4.98 Å². The van der Waals surface area contributed by atoms with Crippen LogP contribution in [0.1, 0.15) is 11.1 Å². The number of ether oxygens (including phenoxy) is 2. The number of hydrogen-bond donors (Lipinski definition) is 1. The number of amides is 1. The number of nitrogens with one attached hydrogen (secondary N) is 1. The lowest BCUT2D eigenvalue weighted by atomic mass is 10.2. The molecule has 1 N–H and O–H groups in total. The van der Waals surface area contributed by atoms with Crippen molar-refractivity contribution in [1.29, 1.82) is 0 Å². The fraction of sp³-hybridized carbons (Fsp3) is 0.182. The monoisotopic (exact) mass is 394 g/mol. The Morgan fingerprint density at radius 2 is 1.86 bits per heavy atom. The van der Waals surface area contributed by atoms with Gasteiger partial charge in [-0.15, -0.1) is 11.8 Å². The fourth-order valence-electron chi connectivity index (χ4n) is 2.57. The maximum absolute atomic E-state index is 12.3. The van der Waals surface area contributed by atoms with Gasteiger partial charge in [0.2, 0.25) is 11.8 Å². The minimum atomic E-state index is -0.0924. The van der Waals surface area contributed by atoms with Gasteiger partial charge >= 0.3 is 0 Å². The smallest absolute Gasteiger partial charge is 0.243 e. The second-order valence-corrected chi connectivity index (χ2v) is 7.15. The Balaban J connectivity index is 1.56. The first kappa shape index (κ1) is 19.8. The van der Waals surface area contributed by atoms with Crippen molar-refractivity contribution in [3.63, 3.8) is 0 Å². The van der Waals surface area contributed by atoms with Crippen molar-refractivity contribution >= 4 is 23.4 Å². The molecule has 2 aromatic carbocycles. The fourth-order valence-corrected chi connectivity index (χ4v) is 3.35. The van der Waals surface area contributed by atoms with E-state index in [1.54, 1.807) is 61.5 Å². The number of hydrogen-bond acceptors (Lipinski definition) is 5. The van der Waals surface area contributed by atoms with Crippen LogP contribution in [0.25, 0.3) is 0 Å². The van der Waals surface area contributed by atoms with Crippen LogP contribution >= 0.6 is 11.8 Å². The van der Waals surface area contributed by atoms with Crippen LogP contribution in [0.2, 0.25) is 0 Å². The third-order valence-electron chi connectivity index (χ3n) is 3.90. The molecular formula is C22H22N2O3S. The molecule has 1 heterocycles. The average molecular weight is 394 g/mol. The summed E-state index contributed by atoms with van der Waals surface area (Å²) in [7, 11) is 1.61. The van der Waals surface area contributed by atoms with Crippen LogP contribution in [0.3, 0.4) is 0 Å². The summed E-state index contributed by atoms with van der Waals surface area (Å²) in [5, 5.41) is 2.88. The number of methoxy groups -OCH3 is 1. The van der Waals surface area contributed by atoms with Gasteiger partial charge in [-0.2, -0.15) is 0 Å². The van der Waals surface area contributed by atoms with Crippen LogP contribution < -0.4 is 14.8 Å². The summed E-state index contributed by atoms with van der Waals surface area (Å²) in [4.78, 5) is 16.6. The first-order valence-corrected chi connectivity index (χ1v) is 9.99. The maximum atomic E-state index is 12.3. The molecule has 0 saturated carbocycles. The highest BCUT2D eigenvalue weighted by atomic mass is 32.2. The minimum Gasteiger partial charge on any atom is -0.497 e. The average Bonchev–Trinajstić information content (AvgIpc) is 2.70. The summed E-state index contributed by atoms with van der Waals surface area (Å²) in [5.41, 5.74) is 2.97. The Kier molecular flexibility index (Phi) is 6.92. The van der Waals surface area contributed by atoms with Crippen molar-refractivity contribution in [2.45, 2.75) is 12.7 Å². The third-order valence-corrected chi connectivity index (χ3v) is 4.91. The van der Waals surface area contributed by atoms with Gasteiger partial charge in [0.25, 0.3) is 0 Å². The zero-order valence-electron chi connectivity index (χ0n) is 15.8. The lowest BCUT2D eigenvalue weighted by Crippen LogP contribution is -2.15. The molecule has 0 fully saturated rings. The molecule has 0 atom stereocenters. The molecule has 0 spiro atoms. The second-order valence-electron chi connectivity index (χ2n) is 6.16. The van der Waals surface area contributed by atoms with Gasteiger partial charge in [-0.1, -0.05) is 29.8 Å². The van der Waals surface area contributed by atoms with Gasteiger partial charge in [-0.05, 0) is 48.9 Å². The molecule has 0 aliphatic heterocycles. The first-order chi connectivity index (χ1) is 13.6. The molecule has 0 unspecified atom stereocenters. The van der Waals surface area contributed by atoms with E-state index >= 15 is 0 Å². The first-order valence-electron chi connectivity index (χ1n) is 8.84. The molecule has 5 nitrogen and oxygen atoms in total. The van der Waals surface area contributed by atoms with E-state index in [1.165, 1.54) is 11.1 Å². The Bertz CT molecular complexity index is 929. The largest absolute Gasteiger partial charge is 0.497 e. The molecule has 0 aliphatic rings. The Morgan fingerprint density at radius 3 is 2.61 bits per heavy atom. The van der Waals surface area contributed by atoms with E-state index < -0.39 is 0 Å². The summed E-state index contributed by atoms with van der Waals surface area (Å²) >= 11 is 1.57. The van der Waals surface area contributed by atoms with Gasteiger partial charge in [0.1, 0.15) is 17.2 Å². The topological polar surface area (TPSA) is 60.5 Å². The van der Waals surface area contributed by atoms with Crippen LogP contribution in [0, 0.1) is 6.92 Å². The normalized spacial score (nSPS) is 10.4. The summed E-state index contributed by atoms with van der Waals surface area (Å²) in [5.74, 6) is 2.76.